The molecule has 1 atom stereocenters. The number of hydrogen-bond donors (Lipinski definition) is 2. The number of rotatable bonds is 5. The zero-order valence-corrected chi connectivity index (χ0v) is 9.40. The summed E-state index contributed by atoms with van der Waals surface area (Å²) in [6, 6.07) is 1.50. The molecule has 1 aliphatic carbocycles. The summed E-state index contributed by atoms with van der Waals surface area (Å²) in [5.41, 5.74) is 6.07. The molecule has 0 spiro atoms. The molecular formula is C11H17N3O2. The Hall–Kier alpha value is -1.20. The average molecular weight is 223 g/mol. The van der Waals surface area contributed by atoms with Crippen molar-refractivity contribution in [2.45, 2.75) is 25.4 Å². The van der Waals surface area contributed by atoms with Gasteiger partial charge in [0.2, 0.25) is 0 Å². The molecule has 0 aliphatic heterocycles. The Morgan fingerprint density at radius 1 is 1.69 bits per heavy atom. The molecule has 0 aromatic carbocycles. The molecule has 1 fully saturated rings. The lowest BCUT2D eigenvalue weighted by atomic mass is 10.2. The van der Waals surface area contributed by atoms with Crippen molar-refractivity contribution < 1.29 is 4.74 Å². The van der Waals surface area contributed by atoms with Crippen molar-refractivity contribution in [1.82, 2.24) is 9.97 Å². The van der Waals surface area contributed by atoms with E-state index in [9.17, 15) is 4.79 Å². The zero-order valence-electron chi connectivity index (χ0n) is 9.40. The third-order valence-corrected chi connectivity index (χ3v) is 2.79. The van der Waals surface area contributed by atoms with Crippen molar-refractivity contribution in [3.63, 3.8) is 0 Å². The van der Waals surface area contributed by atoms with Crippen LogP contribution < -0.4 is 11.3 Å². The fourth-order valence-electron chi connectivity index (χ4n) is 1.87. The second-order valence-corrected chi connectivity index (χ2v) is 4.15. The number of nitrogens with zero attached hydrogens (tertiary/aromatic N) is 1. The number of nitrogens with one attached hydrogen (secondary N) is 1. The molecule has 0 radical (unpaired) electrons. The van der Waals surface area contributed by atoms with Crippen LogP contribution in [0.25, 0.3) is 0 Å². The van der Waals surface area contributed by atoms with Crippen LogP contribution in [-0.2, 0) is 11.2 Å². The van der Waals surface area contributed by atoms with Gasteiger partial charge in [-0.3, -0.25) is 4.79 Å². The van der Waals surface area contributed by atoms with Crippen LogP contribution in [0.1, 0.15) is 30.5 Å². The fourth-order valence-corrected chi connectivity index (χ4v) is 1.87. The van der Waals surface area contributed by atoms with Gasteiger partial charge in [0.25, 0.3) is 5.56 Å². The summed E-state index contributed by atoms with van der Waals surface area (Å²) in [6.07, 6.45) is 2.83. The number of ether oxygens (including phenoxy) is 1. The zero-order chi connectivity index (χ0) is 11.5. The largest absolute Gasteiger partial charge is 0.373 e. The van der Waals surface area contributed by atoms with Gasteiger partial charge < -0.3 is 15.5 Å². The van der Waals surface area contributed by atoms with E-state index in [0.717, 1.165) is 18.5 Å². The molecule has 0 saturated heterocycles. The van der Waals surface area contributed by atoms with E-state index in [1.165, 1.54) is 6.07 Å². The predicted molar refractivity (Wildman–Crippen MR) is 60.1 cm³/mol. The highest BCUT2D eigenvalue weighted by atomic mass is 16.5. The summed E-state index contributed by atoms with van der Waals surface area (Å²) in [7, 11) is 1.65. The highest BCUT2D eigenvalue weighted by Gasteiger charge is 2.34. The molecule has 1 unspecified atom stereocenters. The summed E-state index contributed by atoms with van der Waals surface area (Å²) >= 11 is 0. The quantitative estimate of drug-likeness (QED) is 0.755. The van der Waals surface area contributed by atoms with Gasteiger partial charge in [-0.05, 0) is 25.3 Å². The van der Waals surface area contributed by atoms with E-state index >= 15 is 0 Å². The average Bonchev–Trinajstić information content (AvgIpc) is 3.03. The topological polar surface area (TPSA) is 81.0 Å². The maximum atomic E-state index is 11.5. The summed E-state index contributed by atoms with van der Waals surface area (Å²) < 4.78 is 5.38. The molecule has 5 nitrogen and oxygen atoms in total. The highest BCUT2D eigenvalue weighted by molar-refractivity contribution is 5.07. The molecule has 1 aliphatic rings. The van der Waals surface area contributed by atoms with Crippen LogP contribution in [0.3, 0.4) is 0 Å². The first-order valence-corrected chi connectivity index (χ1v) is 5.57. The van der Waals surface area contributed by atoms with E-state index in [2.05, 4.69) is 9.97 Å². The van der Waals surface area contributed by atoms with Crippen LogP contribution in [0, 0.1) is 5.92 Å². The maximum absolute atomic E-state index is 11.5. The molecule has 1 aromatic heterocycles. The molecule has 3 N–H and O–H groups in total. The number of aromatic amines is 1. The minimum Gasteiger partial charge on any atom is -0.373 e. The van der Waals surface area contributed by atoms with Crippen molar-refractivity contribution in [3.8, 4) is 0 Å². The fraction of sp³-hybridized carbons (Fsp3) is 0.636. The second-order valence-electron chi connectivity index (χ2n) is 4.15. The number of H-pyrrole nitrogens is 1. The van der Waals surface area contributed by atoms with Crippen molar-refractivity contribution in [2.24, 2.45) is 11.7 Å². The van der Waals surface area contributed by atoms with Gasteiger partial charge in [0.15, 0.2) is 0 Å². The Morgan fingerprint density at radius 2 is 2.44 bits per heavy atom. The van der Waals surface area contributed by atoms with E-state index in [0.29, 0.717) is 24.7 Å². The van der Waals surface area contributed by atoms with Crippen molar-refractivity contribution >= 4 is 0 Å². The van der Waals surface area contributed by atoms with Crippen molar-refractivity contribution in [2.75, 3.05) is 13.7 Å². The van der Waals surface area contributed by atoms with E-state index in [1.807, 2.05) is 0 Å². The first-order chi connectivity index (χ1) is 7.74. The van der Waals surface area contributed by atoms with Crippen LogP contribution in [0.4, 0.5) is 0 Å². The number of aromatic nitrogens is 2. The molecule has 2 rings (SSSR count). The van der Waals surface area contributed by atoms with Gasteiger partial charge in [-0.2, -0.15) is 0 Å². The third kappa shape index (κ3) is 2.48. The Labute approximate surface area is 94.0 Å². The first-order valence-electron chi connectivity index (χ1n) is 5.57. The Bertz CT molecular complexity index is 412. The molecule has 1 saturated carbocycles. The summed E-state index contributed by atoms with van der Waals surface area (Å²) in [6.45, 7) is 0.497. The molecule has 1 heterocycles. The van der Waals surface area contributed by atoms with Gasteiger partial charge in [-0.15, -0.1) is 0 Å². The van der Waals surface area contributed by atoms with Crippen LogP contribution >= 0.6 is 0 Å². The lowest BCUT2D eigenvalue weighted by Crippen LogP contribution is -2.19. The maximum Gasteiger partial charge on any atom is 0.251 e. The number of nitrogens with two attached hydrogens (primary N) is 1. The van der Waals surface area contributed by atoms with Gasteiger partial charge in [-0.1, -0.05) is 0 Å². The summed E-state index contributed by atoms with van der Waals surface area (Å²) in [5, 5.41) is 0. The Balaban J connectivity index is 2.27. The number of hydrogen-bond acceptors (Lipinski definition) is 4. The van der Waals surface area contributed by atoms with Gasteiger partial charge >= 0.3 is 0 Å². The van der Waals surface area contributed by atoms with E-state index < -0.39 is 0 Å². The molecule has 88 valence electrons. The standard InChI is InChI=1S/C11H17N3O2/c1-16-10(7-2-3-7)11-13-8(4-5-12)6-9(15)14-11/h6-7,10H,2-5,12H2,1H3,(H,13,14,15). The second kappa shape index (κ2) is 4.76. The molecular weight excluding hydrogens is 206 g/mol. The van der Waals surface area contributed by atoms with Gasteiger partial charge in [0.05, 0.1) is 0 Å². The molecule has 0 amide bonds. The SMILES string of the molecule is COC(c1nc(CCN)cc(=O)[nH]1)C1CC1. The smallest absolute Gasteiger partial charge is 0.251 e. The van der Waals surface area contributed by atoms with Gasteiger partial charge in [-0.25, -0.2) is 4.98 Å². The summed E-state index contributed by atoms with van der Waals surface area (Å²) in [4.78, 5) is 18.6. The van der Waals surface area contributed by atoms with Gasteiger partial charge in [0, 0.05) is 25.3 Å². The van der Waals surface area contributed by atoms with E-state index in [1.54, 1.807) is 7.11 Å². The van der Waals surface area contributed by atoms with Gasteiger partial charge in [0.1, 0.15) is 11.9 Å². The van der Waals surface area contributed by atoms with Crippen LogP contribution in [0.5, 0.6) is 0 Å². The Kier molecular flexibility index (Phi) is 3.36. The normalized spacial score (nSPS) is 17.4. The van der Waals surface area contributed by atoms with Crippen molar-refractivity contribution in [1.29, 1.82) is 0 Å². The lowest BCUT2D eigenvalue weighted by molar-refractivity contribution is 0.0768. The van der Waals surface area contributed by atoms with E-state index in [-0.39, 0.29) is 11.7 Å². The third-order valence-electron chi connectivity index (χ3n) is 2.79. The highest BCUT2D eigenvalue weighted by Crippen LogP contribution is 2.41. The van der Waals surface area contributed by atoms with Crippen LogP contribution in [-0.4, -0.2) is 23.6 Å². The molecule has 5 heteroatoms. The van der Waals surface area contributed by atoms with Crippen LogP contribution in [0.15, 0.2) is 10.9 Å². The first kappa shape index (κ1) is 11.3. The predicted octanol–water partition coefficient (Wildman–Crippen LogP) is 0.369. The Morgan fingerprint density at radius 3 is 3.00 bits per heavy atom. The molecule has 1 aromatic rings. The van der Waals surface area contributed by atoms with Crippen molar-refractivity contribution in [3.05, 3.63) is 27.9 Å². The number of methoxy groups -OCH3 is 1. The molecule has 16 heavy (non-hydrogen) atoms. The molecule has 0 bridgehead atoms. The van der Waals surface area contributed by atoms with E-state index in [4.69, 9.17) is 10.5 Å². The minimum absolute atomic E-state index is 0.0783. The minimum atomic E-state index is -0.129. The monoisotopic (exact) mass is 223 g/mol. The summed E-state index contributed by atoms with van der Waals surface area (Å²) in [5.74, 6) is 1.14. The van der Waals surface area contributed by atoms with Crippen LogP contribution in [0.2, 0.25) is 0 Å². The lowest BCUT2D eigenvalue weighted by Gasteiger charge is -2.13.